The topological polar surface area (TPSA) is 107 Å². The van der Waals surface area contributed by atoms with Crippen LogP contribution in [0.25, 0.3) is 11.3 Å². The molecule has 0 aliphatic carbocycles. The number of anilines is 2. The summed E-state index contributed by atoms with van der Waals surface area (Å²) in [6.45, 7) is 1.87. The number of hydrogen-bond acceptors (Lipinski definition) is 6. The van der Waals surface area contributed by atoms with Gasteiger partial charge < -0.3 is 10.1 Å². The summed E-state index contributed by atoms with van der Waals surface area (Å²) in [6, 6.07) is 19.1. The molecule has 0 saturated heterocycles. The molecule has 0 bridgehead atoms. The van der Waals surface area contributed by atoms with Gasteiger partial charge in [0.2, 0.25) is 10.0 Å². The van der Waals surface area contributed by atoms with E-state index in [9.17, 15) is 12.8 Å². The van der Waals surface area contributed by atoms with Crippen molar-refractivity contribution in [3.63, 3.8) is 0 Å². The Morgan fingerprint density at radius 2 is 1.69 bits per heavy atom. The Hall–Kier alpha value is -3.82. The SMILES string of the molecule is Cc1ccc(Oc2ccnc(Nc3ccc(S(N)(=O)=O)cc3)c2)c(-c2ccc(F)cc2)n1. The van der Waals surface area contributed by atoms with Gasteiger partial charge in [-0.25, -0.2) is 27.9 Å². The van der Waals surface area contributed by atoms with Crippen LogP contribution in [0, 0.1) is 12.7 Å². The highest BCUT2D eigenvalue weighted by molar-refractivity contribution is 7.89. The first-order valence-corrected chi connectivity index (χ1v) is 11.1. The Balaban J connectivity index is 1.58. The number of halogens is 1. The number of pyridine rings is 2. The highest BCUT2D eigenvalue weighted by Gasteiger charge is 2.11. The van der Waals surface area contributed by atoms with Crippen molar-refractivity contribution >= 4 is 21.5 Å². The van der Waals surface area contributed by atoms with E-state index in [1.807, 2.05) is 13.0 Å². The Morgan fingerprint density at radius 3 is 2.38 bits per heavy atom. The number of ether oxygens (including phenoxy) is 1. The van der Waals surface area contributed by atoms with Crippen molar-refractivity contribution in [1.29, 1.82) is 0 Å². The minimum Gasteiger partial charge on any atom is -0.455 e. The summed E-state index contributed by atoms with van der Waals surface area (Å²) in [5, 5.41) is 8.21. The van der Waals surface area contributed by atoms with Crippen LogP contribution in [0.5, 0.6) is 11.5 Å². The molecule has 0 unspecified atom stereocenters. The van der Waals surface area contributed by atoms with Crippen molar-refractivity contribution in [2.75, 3.05) is 5.32 Å². The normalized spacial score (nSPS) is 11.2. The first-order valence-electron chi connectivity index (χ1n) is 9.55. The molecule has 0 saturated carbocycles. The second-order valence-corrected chi connectivity index (χ2v) is 8.54. The van der Waals surface area contributed by atoms with Gasteiger partial charge in [-0.1, -0.05) is 0 Å². The molecule has 4 rings (SSSR count). The summed E-state index contributed by atoms with van der Waals surface area (Å²) in [4.78, 5) is 8.83. The van der Waals surface area contributed by atoms with E-state index in [-0.39, 0.29) is 10.7 Å². The van der Waals surface area contributed by atoms with E-state index in [4.69, 9.17) is 9.88 Å². The van der Waals surface area contributed by atoms with Crippen molar-refractivity contribution in [3.8, 4) is 22.8 Å². The lowest BCUT2D eigenvalue weighted by Crippen LogP contribution is -2.11. The van der Waals surface area contributed by atoms with E-state index in [1.54, 1.807) is 48.7 Å². The fraction of sp³-hybridized carbons (Fsp3) is 0.0435. The molecule has 4 aromatic rings. The molecular weight excluding hydrogens is 431 g/mol. The summed E-state index contributed by atoms with van der Waals surface area (Å²) in [7, 11) is -3.76. The highest BCUT2D eigenvalue weighted by atomic mass is 32.2. The van der Waals surface area contributed by atoms with Gasteiger partial charge in [-0.05, 0) is 73.7 Å². The summed E-state index contributed by atoms with van der Waals surface area (Å²) in [5.74, 6) is 1.19. The zero-order valence-corrected chi connectivity index (χ0v) is 17.8. The van der Waals surface area contributed by atoms with Crippen LogP contribution in [0.4, 0.5) is 15.9 Å². The molecule has 3 N–H and O–H groups in total. The van der Waals surface area contributed by atoms with E-state index in [0.717, 1.165) is 11.3 Å². The fourth-order valence-electron chi connectivity index (χ4n) is 2.99. The van der Waals surface area contributed by atoms with Crippen LogP contribution < -0.4 is 15.2 Å². The Bertz CT molecular complexity index is 1360. The second kappa shape index (κ2) is 8.74. The number of benzene rings is 2. The molecule has 2 aromatic heterocycles. The van der Waals surface area contributed by atoms with Gasteiger partial charge in [0.05, 0.1) is 4.90 Å². The van der Waals surface area contributed by atoms with Crippen LogP contribution in [-0.4, -0.2) is 18.4 Å². The molecule has 32 heavy (non-hydrogen) atoms. The summed E-state index contributed by atoms with van der Waals surface area (Å²) in [6.07, 6.45) is 1.58. The third-order valence-corrected chi connectivity index (χ3v) is 5.46. The third kappa shape index (κ3) is 5.08. The zero-order chi connectivity index (χ0) is 22.7. The minimum absolute atomic E-state index is 0.0216. The van der Waals surface area contributed by atoms with Crippen LogP contribution in [0.2, 0.25) is 0 Å². The molecule has 0 radical (unpaired) electrons. The number of nitrogens with two attached hydrogens (primary N) is 1. The van der Waals surface area contributed by atoms with Gasteiger partial charge >= 0.3 is 0 Å². The molecule has 162 valence electrons. The van der Waals surface area contributed by atoms with E-state index in [2.05, 4.69) is 15.3 Å². The molecule has 0 amide bonds. The van der Waals surface area contributed by atoms with Gasteiger partial charge in [-0.15, -0.1) is 0 Å². The van der Waals surface area contributed by atoms with Gasteiger partial charge in [-0.3, -0.25) is 0 Å². The van der Waals surface area contributed by atoms with Crippen molar-refractivity contribution in [2.45, 2.75) is 11.8 Å². The average Bonchev–Trinajstić information content (AvgIpc) is 2.76. The molecule has 0 fully saturated rings. The van der Waals surface area contributed by atoms with Gasteiger partial charge in [0.15, 0.2) is 5.75 Å². The monoisotopic (exact) mass is 450 g/mol. The predicted molar refractivity (Wildman–Crippen MR) is 120 cm³/mol. The number of sulfonamides is 1. The molecule has 0 aliphatic rings. The molecule has 0 atom stereocenters. The molecule has 2 aromatic carbocycles. The number of aromatic nitrogens is 2. The maximum atomic E-state index is 13.3. The van der Waals surface area contributed by atoms with Crippen LogP contribution >= 0.6 is 0 Å². The van der Waals surface area contributed by atoms with E-state index >= 15 is 0 Å². The predicted octanol–water partition coefficient (Wildman–Crippen LogP) is 4.77. The standard InChI is InChI=1S/C23H19FN4O3S/c1-15-2-11-21(23(27-15)16-3-5-17(24)6-4-16)31-19-12-13-26-22(14-19)28-18-7-9-20(10-8-18)32(25,29)30/h2-14H,1H3,(H,26,28)(H2,25,29,30). The van der Waals surface area contributed by atoms with Crippen molar-refractivity contribution in [1.82, 2.24) is 9.97 Å². The summed E-state index contributed by atoms with van der Waals surface area (Å²) >= 11 is 0. The molecule has 0 spiro atoms. The number of hydrogen-bond donors (Lipinski definition) is 2. The van der Waals surface area contributed by atoms with Gasteiger partial charge in [0, 0.05) is 29.2 Å². The largest absolute Gasteiger partial charge is 0.455 e. The maximum absolute atomic E-state index is 13.3. The van der Waals surface area contributed by atoms with Gasteiger partial charge in [0.25, 0.3) is 0 Å². The van der Waals surface area contributed by atoms with Gasteiger partial charge in [0.1, 0.15) is 23.1 Å². The van der Waals surface area contributed by atoms with Crippen molar-refractivity contribution in [2.24, 2.45) is 5.14 Å². The van der Waals surface area contributed by atoms with Crippen LogP contribution in [0.3, 0.4) is 0 Å². The highest BCUT2D eigenvalue weighted by Crippen LogP contribution is 2.33. The smallest absolute Gasteiger partial charge is 0.238 e. The number of primary sulfonamides is 1. The number of nitrogens with zero attached hydrogens (tertiary/aromatic N) is 2. The summed E-state index contributed by atoms with van der Waals surface area (Å²) in [5.41, 5.74) is 2.75. The lowest BCUT2D eigenvalue weighted by Gasteiger charge is -2.13. The molecule has 0 aliphatic heterocycles. The zero-order valence-electron chi connectivity index (χ0n) is 17.0. The van der Waals surface area contributed by atoms with Crippen LogP contribution in [0.1, 0.15) is 5.69 Å². The lowest BCUT2D eigenvalue weighted by atomic mass is 10.1. The van der Waals surface area contributed by atoms with E-state index in [0.29, 0.717) is 28.7 Å². The maximum Gasteiger partial charge on any atom is 0.238 e. The quantitative estimate of drug-likeness (QED) is 0.438. The molecule has 9 heteroatoms. The van der Waals surface area contributed by atoms with E-state index < -0.39 is 10.0 Å². The fourth-order valence-corrected chi connectivity index (χ4v) is 3.50. The Labute approximate surface area is 184 Å². The van der Waals surface area contributed by atoms with Gasteiger partial charge in [-0.2, -0.15) is 0 Å². The molecular formula is C23H19FN4O3S. The average molecular weight is 450 g/mol. The van der Waals surface area contributed by atoms with Crippen molar-refractivity contribution in [3.05, 3.63) is 90.5 Å². The van der Waals surface area contributed by atoms with Crippen molar-refractivity contribution < 1.29 is 17.5 Å². The number of aryl methyl sites for hydroxylation is 1. The lowest BCUT2D eigenvalue weighted by molar-refractivity contribution is 0.481. The number of rotatable bonds is 6. The number of nitrogens with one attached hydrogen (secondary N) is 1. The first kappa shape index (κ1) is 21.4. The molecule has 2 heterocycles. The first-order chi connectivity index (χ1) is 15.3. The van der Waals surface area contributed by atoms with Crippen LogP contribution in [-0.2, 0) is 10.0 Å². The van der Waals surface area contributed by atoms with Crippen LogP contribution in [0.15, 0.2) is 83.9 Å². The summed E-state index contributed by atoms with van der Waals surface area (Å²) < 4.78 is 42.2. The van der Waals surface area contributed by atoms with E-state index in [1.165, 1.54) is 24.3 Å². The molecule has 7 nitrogen and oxygen atoms in total. The third-order valence-electron chi connectivity index (χ3n) is 4.53. The minimum atomic E-state index is -3.76. The Morgan fingerprint density at radius 1 is 0.969 bits per heavy atom. The Kier molecular flexibility index (Phi) is 5.85. The second-order valence-electron chi connectivity index (χ2n) is 6.98.